The van der Waals surface area contributed by atoms with Gasteiger partial charge in [0.25, 0.3) is 0 Å². The number of H-pyrrole nitrogens is 1. The number of rotatable bonds is 2. The van der Waals surface area contributed by atoms with Crippen molar-refractivity contribution in [3.63, 3.8) is 0 Å². The molecule has 1 aliphatic heterocycles. The molecular weight excluding hydrogens is 242 g/mol. The number of furan rings is 1. The highest BCUT2D eigenvalue weighted by Gasteiger charge is 2.16. The lowest BCUT2D eigenvalue weighted by Crippen LogP contribution is -2.44. The molecule has 7 heteroatoms. The first-order valence-electron chi connectivity index (χ1n) is 5.47. The van der Waals surface area contributed by atoms with Crippen LogP contribution in [0.3, 0.4) is 0 Å². The van der Waals surface area contributed by atoms with E-state index in [0.717, 1.165) is 26.2 Å². The Balaban J connectivity index is 1.82. The number of hydrogen-bond acceptors (Lipinski definition) is 5. The summed E-state index contributed by atoms with van der Waals surface area (Å²) < 4.78 is 5.27. The quantitative estimate of drug-likeness (QED) is 0.840. The molecule has 1 saturated heterocycles. The van der Waals surface area contributed by atoms with Gasteiger partial charge in [-0.3, -0.25) is 5.10 Å². The zero-order valence-electron chi connectivity index (χ0n) is 9.11. The van der Waals surface area contributed by atoms with Crippen LogP contribution in [-0.2, 0) is 0 Å². The first-order valence-corrected chi connectivity index (χ1v) is 5.84. The normalized spacial score (nSPS) is 16.4. The van der Waals surface area contributed by atoms with Crippen LogP contribution in [0.1, 0.15) is 0 Å². The third kappa shape index (κ3) is 2.13. The maximum atomic E-state index is 5.72. The molecule has 0 unspecified atom stereocenters. The molecule has 0 radical (unpaired) electrons. The van der Waals surface area contributed by atoms with Crippen LogP contribution in [0.15, 0.2) is 16.5 Å². The van der Waals surface area contributed by atoms with Gasteiger partial charge in [0.15, 0.2) is 16.8 Å². The van der Waals surface area contributed by atoms with Gasteiger partial charge in [-0.2, -0.15) is 4.98 Å². The first kappa shape index (κ1) is 10.6. The van der Waals surface area contributed by atoms with Gasteiger partial charge in [0, 0.05) is 26.2 Å². The van der Waals surface area contributed by atoms with E-state index in [1.807, 2.05) is 0 Å². The smallest absolute Gasteiger partial charge is 0.245 e. The van der Waals surface area contributed by atoms with Crippen molar-refractivity contribution in [2.75, 3.05) is 31.1 Å². The molecule has 2 aromatic rings. The summed E-state index contributed by atoms with van der Waals surface area (Å²) in [6, 6.07) is 3.45. The predicted molar refractivity (Wildman–Crippen MR) is 64.2 cm³/mol. The van der Waals surface area contributed by atoms with E-state index >= 15 is 0 Å². The Bertz CT molecular complexity index is 502. The van der Waals surface area contributed by atoms with Gasteiger partial charge in [-0.05, 0) is 23.7 Å². The van der Waals surface area contributed by atoms with E-state index in [1.165, 1.54) is 0 Å². The highest BCUT2D eigenvalue weighted by molar-refractivity contribution is 6.28. The van der Waals surface area contributed by atoms with Crippen LogP contribution < -0.4 is 10.2 Å². The van der Waals surface area contributed by atoms with Crippen LogP contribution in [0.2, 0.25) is 5.22 Å². The summed E-state index contributed by atoms with van der Waals surface area (Å²) in [4.78, 5) is 6.52. The molecule has 0 bridgehead atoms. The fourth-order valence-electron chi connectivity index (χ4n) is 1.81. The predicted octanol–water partition coefficient (Wildman–Crippen LogP) is 1.13. The van der Waals surface area contributed by atoms with E-state index in [1.54, 1.807) is 12.1 Å². The van der Waals surface area contributed by atoms with Crippen LogP contribution in [0.4, 0.5) is 5.95 Å². The van der Waals surface area contributed by atoms with Crippen molar-refractivity contribution in [2.45, 2.75) is 0 Å². The lowest BCUT2D eigenvalue weighted by atomic mass is 10.4. The standard InChI is InChI=1S/C10H12ClN5O/c11-8-2-1-7(17-8)9-13-10(15-14-9)16-5-3-12-4-6-16/h1-2,12H,3-6H2,(H,13,14,15). The molecule has 1 fully saturated rings. The minimum Gasteiger partial charge on any atom is -0.441 e. The van der Waals surface area contributed by atoms with Crippen molar-refractivity contribution in [1.82, 2.24) is 20.5 Å². The summed E-state index contributed by atoms with van der Waals surface area (Å²) in [6.07, 6.45) is 0. The van der Waals surface area contributed by atoms with Gasteiger partial charge < -0.3 is 14.6 Å². The molecule has 2 aromatic heterocycles. The van der Waals surface area contributed by atoms with Gasteiger partial charge in [-0.15, -0.1) is 5.10 Å². The van der Waals surface area contributed by atoms with Gasteiger partial charge in [0.05, 0.1) is 0 Å². The molecular formula is C10H12ClN5O. The summed E-state index contributed by atoms with van der Waals surface area (Å²) in [5.41, 5.74) is 0. The van der Waals surface area contributed by atoms with Crippen LogP contribution >= 0.6 is 11.6 Å². The van der Waals surface area contributed by atoms with E-state index in [2.05, 4.69) is 25.4 Å². The van der Waals surface area contributed by atoms with Gasteiger partial charge in [0.1, 0.15) is 0 Å². The number of piperazine rings is 1. The minimum atomic E-state index is 0.347. The number of aromatic amines is 1. The second-order valence-electron chi connectivity index (χ2n) is 3.82. The van der Waals surface area contributed by atoms with Gasteiger partial charge in [-0.25, -0.2) is 0 Å². The number of hydrogen-bond donors (Lipinski definition) is 2. The van der Waals surface area contributed by atoms with Crippen LogP contribution in [-0.4, -0.2) is 41.4 Å². The summed E-state index contributed by atoms with van der Waals surface area (Å²) in [5.74, 6) is 1.91. The molecule has 0 aromatic carbocycles. The molecule has 0 saturated carbocycles. The van der Waals surface area contributed by atoms with Crippen LogP contribution in [0.5, 0.6) is 0 Å². The monoisotopic (exact) mass is 253 g/mol. The molecule has 1 aliphatic rings. The van der Waals surface area contributed by atoms with Crippen LogP contribution in [0, 0.1) is 0 Å². The second-order valence-corrected chi connectivity index (χ2v) is 4.20. The molecule has 3 heterocycles. The Morgan fingerprint density at radius 2 is 2.12 bits per heavy atom. The van der Waals surface area contributed by atoms with E-state index in [-0.39, 0.29) is 0 Å². The van der Waals surface area contributed by atoms with Crippen molar-refractivity contribution < 1.29 is 4.42 Å². The van der Waals surface area contributed by atoms with Crippen molar-refractivity contribution in [3.05, 3.63) is 17.4 Å². The summed E-state index contributed by atoms with van der Waals surface area (Å²) in [7, 11) is 0. The Labute approximate surface area is 103 Å². The zero-order valence-corrected chi connectivity index (χ0v) is 9.87. The molecule has 2 N–H and O–H groups in total. The third-order valence-corrected chi connectivity index (χ3v) is 2.88. The summed E-state index contributed by atoms with van der Waals surface area (Å²) in [5, 5.41) is 10.7. The molecule has 6 nitrogen and oxygen atoms in total. The fraction of sp³-hybridized carbons (Fsp3) is 0.400. The third-order valence-electron chi connectivity index (χ3n) is 2.68. The molecule has 0 atom stereocenters. The molecule has 0 aliphatic carbocycles. The lowest BCUT2D eigenvalue weighted by Gasteiger charge is -2.25. The summed E-state index contributed by atoms with van der Waals surface area (Å²) in [6.45, 7) is 3.74. The number of nitrogens with zero attached hydrogens (tertiary/aromatic N) is 3. The zero-order chi connectivity index (χ0) is 11.7. The van der Waals surface area contributed by atoms with E-state index in [4.69, 9.17) is 16.0 Å². The Kier molecular flexibility index (Phi) is 2.74. The second kappa shape index (κ2) is 4.38. The molecule has 17 heavy (non-hydrogen) atoms. The van der Waals surface area contributed by atoms with E-state index in [0.29, 0.717) is 22.8 Å². The fourth-order valence-corrected chi connectivity index (χ4v) is 1.96. The van der Waals surface area contributed by atoms with E-state index in [9.17, 15) is 0 Å². The van der Waals surface area contributed by atoms with Gasteiger partial charge in [0.2, 0.25) is 5.95 Å². The maximum absolute atomic E-state index is 5.72. The average molecular weight is 254 g/mol. The van der Waals surface area contributed by atoms with Crippen molar-refractivity contribution >= 4 is 17.5 Å². The highest BCUT2D eigenvalue weighted by atomic mass is 35.5. The van der Waals surface area contributed by atoms with E-state index < -0.39 is 0 Å². The number of nitrogens with one attached hydrogen (secondary N) is 2. The topological polar surface area (TPSA) is 70.0 Å². The SMILES string of the molecule is Clc1ccc(-c2nc(N3CCNCC3)n[nH]2)o1. The Hall–Kier alpha value is -1.53. The largest absolute Gasteiger partial charge is 0.441 e. The van der Waals surface area contributed by atoms with Crippen molar-refractivity contribution in [2.24, 2.45) is 0 Å². The summed E-state index contributed by atoms with van der Waals surface area (Å²) >= 11 is 5.72. The van der Waals surface area contributed by atoms with Gasteiger partial charge in [-0.1, -0.05) is 0 Å². The molecule has 0 spiro atoms. The Morgan fingerprint density at radius 3 is 2.82 bits per heavy atom. The van der Waals surface area contributed by atoms with Gasteiger partial charge >= 0.3 is 0 Å². The van der Waals surface area contributed by atoms with Crippen molar-refractivity contribution in [3.8, 4) is 11.6 Å². The minimum absolute atomic E-state index is 0.347. The first-order chi connectivity index (χ1) is 8.33. The number of aromatic nitrogens is 3. The average Bonchev–Trinajstić information content (AvgIpc) is 2.98. The molecule has 0 amide bonds. The Morgan fingerprint density at radius 1 is 1.29 bits per heavy atom. The lowest BCUT2D eigenvalue weighted by molar-refractivity contribution is 0.578. The van der Waals surface area contributed by atoms with Crippen LogP contribution in [0.25, 0.3) is 11.6 Å². The molecule has 90 valence electrons. The van der Waals surface area contributed by atoms with Crippen molar-refractivity contribution in [1.29, 1.82) is 0 Å². The number of halogens is 1. The number of anilines is 1. The maximum Gasteiger partial charge on any atom is 0.245 e. The highest BCUT2D eigenvalue weighted by Crippen LogP contribution is 2.22. The molecule has 3 rings (SSSR count).